The molecule has 0 bridgehead atoms. The lowest BCUT2D eigenvalue weighted by atomic mass is 10.4. The molecule has 1 aromatic carbocycles. The molecule has 0 radical (unpaired) electrons. The zero-order chi connectivity index (χ0) is 15.2. The SMILES string of the molecule is O=S(=O)(O)[C@H]1CCS(=O)(=O)[C@H]1S(=O)(=O)c1ccccc1. The first-order valence-corrected chi connectivity index (χ1v) is 10.3. The van der Waals surface area contributed by atoms with Crippen molar-refractivity contribution in [3.63, 3.8) is 0 Å². The van der Waals surface area contributed by atoms with Crippen LogP contribution in [0.25, 0.3) is 0 Å². The maximum atomic E-state index is 12.4. The van der Waals surface area contributed by atoms with Gasteiger partial charge in [-0.05, 0) is 18.6 Å². The van der Waals surface area contributed by atoms with Crippen LogP contribution in [-0.2, 0) is 29.8 Å². The Hall–Kier alpha value is -0.970. The van der Waals surface area contributed by atoms with Gasteiger partial charge in [-0.1, -0.05) is 18.2 Å². The maximum absolute atomic E-state index is 12.4. The molecule has 0 spiro atoms. The summed E-state index contributed by atoms with van der Waals surface area (Å²) in [4.78, 5) is -0.288. The van der Waals surface area contributed by atoms with Crippen LogP contribution in [-0.4, -0.2) is 45.4 Å². The summed E-state index contributed by atoms with van der Waals surface area (Å²) in [6, 6.07) is 6.71. The highest BCUT2D eigenvalue weighted by Gasteiger charge is 2.54. The molecule has 112 valence electrons. The van der Waals surface area contributed by atoms with Crippen molar-refractivity contribution in [1.82, 2.24) is 0 Å². The smallest absolute Gasteiger partial charge is 0.270 e. The number of hydrogen-bond acceptors (Lipinski definition) is 6. The van der Waals surface area contributed by atoms with E-state index in [1.807, 2.05) is 0 Å². The van der Waals surface area contributed by atoms with Crippen molar-refractivity contribution in [2.75, 3.05) is 5.75 Å². The third-order valence-electron chi connectivity index (χ3n) is 3.10. The topological polar surface area (TPSA) is 123 Å². The molecule has 1 aliphatic rings. The Kier molecular flexibility index (Phi) is 3.70. The van der Waals surface area contributed by atoms with Gasteiger partial charge in [0.15, 0.2) is 24.3 Å². The van der Waals surface area contributed by atoms with Gasteiger partial charge in [-0.15, -0.1) is 0 Å². The first kappa shape index (κ1) is 15.4. The molecule has 0 aromatic heterocycles. The fourth-order valence-electron chi connectivity index (χ4n) is 2.19. The van der Waals surface area contributed by atoms with E-state index in [0.29, 0.717) is 0 Å². The van der Waals surface area contributed by atoms with E-state index in [2.05, 4.69) is 0 Å². The molecule has 2 atom stereocenters. The number of sulfone groups is 2. The fraction of sp³-hybridized carbons (Fsp3) is 0.400. The van der Waals surface area contributed by atoms with E-state index in [-0.39, 0.29) is 4.90 Å². The zero-order valence-electron chi connectivity index (χ0n) is 10.1. The number of rotatable bonds is 3. The molecule has 0 amide bonds. The Morgan fingerprint density at radius 3 is 2.10 bits per heavy atom. The Morgan fingerprint density at radius 2 is 1.60 bits per heavy atom. The molecule has 0 saturated carbocycles. The Bertz CT molecular complexity index is 807. The number of benzene rings is 1. The van der Waals surface area contributed by atoms with E-state index in [9.17, 15) is 25.3 Å². The first-order chi connectivity index (χ1) is 9.07. The third kappa shape index (κ3) is 2.60. The molecular formula is C10H12O7S3. The molecule has 1 aromatic rings. The van der Waals surface area contributed by atoms with Gasteiger partial charge in [0.25, 0.3) is 10.1 Å². The first-order valence-electron chi connectivity index (χ1n) is 5.53. The van der Waals surface area contributed by atoms with Crippen LogP contribution in [0.4, 0.5) is 0 Å². The van der Waals surface area contributed by atoms with Gasteiger partial charge in [-0.25, -0.2) is 16.8 Å². The molecule has 1 aliphatic heterocycles. The number of hydrogen-bond donors (Lipinski definition) is 1. The highest BCUT2D eigenvalue weighted by molar-refractivity contribution is 8.10. The van der Waals surface area contributed by atoms with E-state index in [1.165, 1.54) is 24.3 Å². The van der Waals surface area contributed by atoms with Gasteiger partial charge in [0.2, 0.25) is 0 Å². The molecule has 7 nitrogen and oxygen atoms in total. The predicted octanol–water partition coefficient (Wildman–Crippen LogP) is -0.139. The van der Waals surface area contributed by atoms with E-state index in [0.717, 1.165) is 0 Å². The lowest BCUT2D eigenvalue weighted by Crippen LogP contribution is -2.39. The molecule has 0 unspecified atom stereocenters. The summed E-state index contributed by atoms with van der Waals surface area (Å²) in [6.07, 6.45) is -0.433. The zero-order valence-corrected chi connectivity index (χ0v) is 12.5. The van der Waals surface area contributed by atoms with Crippen LogP contribution in [0.3, 0.4) is 0 Å². The molecule has 1 N–H and O–H groups in total. The largest absolute Gasteiger partial charge is 0.285 e. The van der Waals surface area contributed by atoms with Gasteiger partial charge >= 0.3 is 0 Å². The highest BCUT2D eigenvalue weighted by atomic mass is 32.3. The van der Waals surface area contributed by atoms with Crippen molar-refractivity contribution >= 4 is 29.8 Å². The van der Waals surface area contributed by atoms with E-state index in [1.54, 1.807) is 6.07 Å². The monoisotopic (exact) mass is 340 g/mol. The lowest BCUT2D eigenvalue weighted by molar-refractivity contribution is 0.467. The predicted molar refractivity (Wildman–Crippen MR) is 71.2 cm³/mol. The minimum atomic E-state index is -4.77. The van der Waals surface area contributed by atoms with Crippen LogP contribution in [0.2, 0.25) is 0 Å². The molecule has 1 fully saturated rings. The molecular weight excluding hydrogens is 328 g/mol. The van der Waals surface area contributed by atoms with Crippen LogP contribution >= 0.6 is 0 Å². The third-order valence-corrected chi connectivity index (χ3v) is 10.1. The average Bonchev–Trinajstić information content (AvgIpc) is 2.66. The van der Waals surface area contributed by atoms with Crippen molar-refractivity contribution < 1.29 is 29.8 Å². The molecule has 10 heteroatoms. The summed E-state index contributed by atoms with van der Waals surface area (Å²) < 4.78 is 77.9. The quantitative estimate of drug-likeness (QED) is 0.760. The highest BCUT2D eigenvalue weighted by Crippen LogP contribution is 2.33. The Morgan fingerprint density at radius 1 is 1.05 bits per heavy atom. The Balaban J connectivity index is 2.64. The normalized spacial score (nSPS) is 26.4. The van der Waals surface area contributed by atoms with Gasteiger partial charge in [0.05, 0.1) is 10.6 Å². The maximum Gasteiger partial charge on any atom is 0.270 e. The van der Waals surface area contributed by atoms with Gasteiger partial charge in [0.1, 0.15) is 5.25 Å². The van der Waals surface area contributed by atoms with Gasteiger partial charge in [-0.3, -0.25) is 4.55 Å². The minimum Gasteiger partial charge on any atom is -0.285 e. The van der Waals surface area contributed by atoms with E-state index in [4.69, 9.17) is 4.55 Å². The van der Waals surface area contributed by atoms with Crippen molar-refractivity contribution in [1.29, 1.82) is 0 Å². The second kappa shape index (κ2) is 4.79. The molecule has 20 heavy (non-hydrogen) atoms. The summed E-state index contributed by atoms with van der Waals surface area (Å²) in [5.41, 5.74) is 0. The lowest BCUT2D eigenvalue weighted by Gasteiger charge is -2.16. The average molecular weight is 340 g/mol. The summed E-state index contributed by atoms with van der Waals surface area (Å²) in [7, 11) is -13.3. The van der Waals surface area contributed by atoms with Crippen LogP contribution in [0.1, 0.15) is 6.42 Å². The van der Waals surface area contributed by atoms with Crippen LogP contribution in [0.15, 0.2) is 35.2 Å². The van der Waals surface area contributed by atoms with Crippen molar-refractivity contribution in [3.05, 3.63) is 30.3 Å². The Labute approximate surface area is 117 Å². The van der Waals surface area contributed by atoms with Gasteiger partial charge < -0.3 is 0 Å². The van der Waals surface area contributed by atoms with Crippen LogP contribution in [0, 0.1) is 0 Å². The standard InChI is InChI=1S/C10H12O7S3/c11-18(12)7-6-9(20(15,16)17)10(18)19(13,14)8-4-2-1-3-5-8/h1-5,9-10H,6-7H2,(H,15,16,17)/t9-,10-/m0/s1. The summed E-state index contributed by atoms with van der Waals surface area (Å²) in [5, 5.41) is -1.85. The molecule has 2 rings (SSSR count). The van der Waals surface area contributed by atoms with E-state index < -0.39 is 51.8 Å². The second-order valence-electron chi connectivity index (χ2n) is 4.44. The summed E-state index contributed by atoms with van der Waals surface area (Å²) >= 11 is 0. The molecule has 0 aliphatic carbocycles. The molecule has 1 saturated heterocycles. The van der Waals surface area contributed by atoms with Crippen molar-refractivity contribution in [2.45, 2.75) is 21.1 Å². The summed E-state index contributed by atoms with van der Waals surface area (Å²) in [6.45, 7) is 0. The van der Waals surface area contributed by atoms with Crippen molar-refractivity contribution in [3.8, 4) is 0 Å². The van der Waals surface area contributed by atoms with Gasteiger partial charge in [-0.2, -0.15) is 8.42 Å². The van der Waals surface area contributed by atoms with Crippen LogP contribution < -0.4 is 0 Å². The van der Waals surface area contributed by atoms with E-state index >= 15 is 0 Å². The van der Waals surface area contributed by atoms with Crippen LogP contribution in [0.5, 0.6) is 0 Å². The molecule has 1 heterocycles. The minimum absolute atomic E-state index is 0.288. The fourth-order valence-corrected chi connectivity index (χ4v) is 9.75. The van der Waals surface area contributed by atoms with Crippen molar-refractivity contribution in [2.24, 2.45) is 0 Å². The second-order valence-corrected chi connectivity index (χ2v) is 10.7. The summed E-state index contributed by atoms with van der Waals surface area (Å²) in [5.74, 6) is -0.589. The van der Waals surface area contributed by atoms with Gasteiger partial charge in [0, 0.05) is 0 Å².